The van der Waals surface area contributed by atoms with Crippen LogP contribution in [0.1, 0.15) is 27.2 Å². The van der Waals surface area contributed by atoms with E-state index in [-0.39, 0.29) is 0 Å². The van der Waals surface area contributed by atoms with Crippen molar-refractivity contribution < 1.29 is 13.3 Å². The lowest BCUT2D eigenvalue weighted by molar-refractivity contribution is 0.122. The van der Waals surface area contributed by atoms with Crippen LogP contribution in [-0.4, -0.2) is 56.5 Å². The summed E-state index contributed by atoms with van der Waals surface area (Å²) in [6.45, 7) is 13.0. The molecule has 0 radical (unpaired) electrons. The van der Waals surface area contributed by atoms with E-state index in [0.717, 1.165) is 19.0 Å². The van der Waals surface area contributed by atoms with Crippen molar-refractivity contribution in [3.8, 4) is 0 Å². The molecule has 0 amide bonds. The van der Waals surface area contributed by atoms with E-state index in [2.05, 4.69) is 45.5 Å². The van der Waals surface area contributed by atoms with Gasteiger partial charge in [-0.15, -0.1) is 0 Å². The summed E-state index contributed by atoms with van der Waals surface area (Å²) >= 11 is 0. The van der Waals surface area contributed by atoms with Gasteiger partial charge in [0.15, 0.2) is 0 Å². The molecule has 19 heavy (non-hydrogen) atoms. The van der Waals surface area contributed by atoms with Gasteiger partial charge in [-0.2, -0.15) is 0 Å². The van der Waals surface area contributed by atoms with Gasteiger partial charge in [0.25, 0.3) is 0 Å². The third kappa shape index (κ3) is 4.95. The van der Waals surface area contributed by atoms with Crippen molar-refractivity contribution >= 4 is 17.0 Å². The average Bonchev–Trinajstić information content (AvgIpc) is 2.33. The fraction of sp³-hybridized carbons (Fsp3) is 1.00. The first kappa shape index (κ1) is 19.3. The predicted octanol–water partition coefficient (Wildman–Crippen LogP) is 3.19. The molecular weight excluding hydrogens is 274 g/mol. The van der Waals surface area contributed by atoms with Gasteiger partial charge in [0.2, 0.25) is 0 Å². The second kappa shape index (κ2) is 7.33. The Labute approximate surface area is 121 Å². The lowest BCUT2D eigenvalue weighted by atomic mass is 10.2. The maximum Gasteiger partial charge on any atom is 0.500 e. The van der Waals surface area contributed by atoms with Crippen molar-refractivity contribution in [3.05, 3.63) is 0 Å². The van der Waals surface area contributed by atoms with E-state index in [1.807, 2.05) is 0 Å². The fourth-order valence-electron chi connectivity index (χ4n) is 1.94. The Kier molecular flexibility index (Phi) is 7.44. The van der Waals surface area contributed by atoms with Crippen molar-refractivity contribution in [3.63, 3.8) is 0 Å². The van der Waals surface area contributed by atoms with E-state index in [0.29, 0.717) is 5.04 Å². The number of hydrogen-bond donors (Lipinski definition) is 0. The van der Waals surface area contributed by atoms with E-state index >= 15 is 0 Å². The third-order valence-corrected chi connectivity index (χ3v) is 13.3. The smallest absolute Gasteiger partial charge is 0.377 e. The van der Waals surface area contributed by atoms with Crippen LogP contribution in [0.4, 0.5) is 0 Å². The van der Waals surface area contributed by atoms with Crippen LogP contribution >= 0.6 is 0 Å². The molecule has 0 bridgehead atoms. The predicted molar refractivity (Wildman–Crippen MR) is 86.0 cm³/mol. The Balaban J connectivity index is 4.43. The van der Waals surface area contributed by atoms with Gasteiger partial charge in [0, 0.05) is 27.4 Å². The van der Waals surface area contributed by atoms with Crippen LogP contribution in [-0.2, 0) is 13.3 Å². The molecule has 0 aromatic heterocycles. The standard InChI is InChI=1S/C13H33NO3Si2/c1-13(2,3)18(8,9)14(4)11-10-12-19(15-5,16-6)17-7/h10-12H2,1-9H3. The summed E-state index contributed by atoms with van der Waals surface area (Å²) in [6, 6.07) is 0.870. The molecule has 4 nitrogen and oxygen atoms in total. The molecule has 0 aromatic rings. The molecule has 0 fully saturated rings. The molecule has 0 rings (SSSR count). The highest BCUT2D eigenvalue weighted by molar-refractivity contribution is 6.77. The van der Waals surface area contributed by atoms with E-state index in [1.165, 1.54) is 0 Å². The average molecular weight is 308 g/mol. The summed E-state index contributed by atoms with van der Waals surface area (Å²) in [5, 5.41) is 0.375. The number of hydrogen-bond acceptors (Lipinski definition) is 4. The summed E-state index contributed by atoms with van der Waals surface area (Å²) in [4.78, 5) is 0. The molecule has 0 aliphatic rings. The first-order valence-corrected chi connectivity index (χ1v) is 11.8. The van der Waals surface area contributed by atoms with Crippen LogP contribution in [0.25, 0.3) is 0 Å². The van der Waals surface area contributed by atoms with Crippen molar-refractivity contribution in [1.29, 1.82) is 0 Å². The van der Waals surface area contributed by atoms with Gasteiger partial charge >= 0.3 is 8.80 Å². The van der Waals surface area contributed by atoms with Gasteiger partial charge in [-0.1, -0.05) is 33.9 Å². The molecule has 0 heterocycles. The molecule has 6 heteroatoms. The highest BCUT2D eigenvalue weighted by Crippen LogP contribution is 2.37. The Morgan fingerprint density at radius 1 is 0.947 bits per heavy atom. The number of rotatable bonds is 8. The zero-order chi connectivity index (χ0) is 15.3. The summed E-state index contributed by atoms with van der Waals surface area (Å²) in [5.41, 5.74) is 0. The Bertz CT molecular complexity index is 255. The highest BCUT2D eigenvalue weighted by atomic mass is 28.4. The molecule has 116 valence electrons. The summed E-state index contributed by atoms with van der Waals surface area (Å²) in [6.07, 6.45) is 1.05. The van der Waals surface area contributed by atoms with Crippen molar-refractivity contribution in [2.45, 2.75) is 51.4 Å². The molecule has 0 aliphatic carbocycles. The van der Waals surface area contributed by atoms with Crippen LogP contribution in [0.2, 0.25) is 24.2 Å². The maximum absolute atomic E-state index is 5.46. The van der Waals surface area contributed by atoms with Crippen molar-refractivity contribution in [1.82, 2.24) is 4.57 Å². The lowest BCUT2D eigenvalue weighted by Crippen LogP contribution is -2.53. The SMILES string of the molecule is CO[Si](CCCN(C)[Si](C)(C)C(C)(C)C)(OC)OC. The third-order valence-electron chi connectivity index (χ3n) is 4.70. The summed E-state index contributed by atoms with van der Waals surface area (Å²) in [5.74, 6) is 0. The fourth-order valence-corrected chi connectivity index (χ4v) is 5.51. The molecule has 0 N–H and O–H groups in total. The highest BCUT2D eigenvalue weighted by Gasteiger charge is 2.40. The van der Waals surface area contributed by atoms with E-state index < -0.39 is 17.0 Å². The van der Waals surface area contributed by atoms with E-state index in [4.69, 9.17) is 13.3 Å². The van der Waals surface area contributed by atoms with Crippen LogP contribution in [0.15, 0.2) is 0 Å². The minimum atomic E-state index is -2.40. The lowest BCUT2D eigenvalue weighted by Gasteiger charge is -2.44. The maximum atomic E-state index is 5.46. The van der Waals surface area contributed by atoms with E-state index in [1.54, 1.807) is 21.3 Å². The zero-order valence-corrected chi connectivity index (χ0v) is 16.3. The molecular formula is C13H33NO3Si2. The summed E-state index contributed by atoms with van der Waals surface area (Å²) < 4.78 is 18.9. The first-order chi connectivity index (χ1) is 8.56. The second-order valence-electron chi connectivity index (χ2n) is 6.63. The number of nitrogens with zero attached hydrogens (tertiary/aromatic N) is 1. The Morgan fingerprint density at radius 2 is 1.37 bits per heavy atom. The molecule has 0 saturated heterocycles. The topological polar surface area (TPSA) is 30.9 Å². The van der Waals surface area contributed by atoms with Gasteiger partial charge in [-0.3, -0.25) is 0 Å². The second-order valence-corrected chi connectivity index (χ2v) is 15.1. The Morgan fingerprint density at radius 3 is 1.68 bits per heavy atom. The minimum Gasteiger partial charge on any atom is -0.377 e. The van der Waals surface area contributed by atoms with Gasteiger partial charge in [-0.25, -0.2) is 0 Å². The van der Waals surface area contributed by atoms with Crippen LogP contribution in [0.3, 0.4) is 0 Å². The quantitative estimate of drug-likeness (QED) is 0.644. The van der Waals surface area contributed by atoms with Crippen LogP contribution < -0.4 is 0 Å². The Hall–Kier alpha value is 0.274. The summed E-state index contributed by atoms with van der Waals surface area (Å²) in [7, 11) is 3.47. The van der Waals surface area contributed by atoms with Crippen molar-refractivity contribution in [2.24, 2.45) is 0 Å². The zero-order valence-electron chi connectivity index (χ0n) is 14.3. The van der Waals surface area contributed by atoms with Gasteiger partial charge < -0.3 is 17.8 Å². The molecule has 0 unspecified atom stereocenters. The van der Waals surface area contributed by atoms with Crippen LogP contribution in [0.5, 0.6) is 0 Å². The van der Waals surface area contributed by atoms with Gasteiger partial charge in [-0.05, 0) is 25.1 Å². The van der Waals surface area contributed by atoms with E-state index in [9.17, 15) is 0 Å². The molecule has 0 aliphatic heterocycles. The largest absolute Gasteiger partial charge is 0.500 e. The molecule has 0 spiro atoms. The van der Waals surface area contributed by atoms with Crippen molar-refractivity contribution in [2.75, 3.05) is 34.9 Å². The molecule has 0 atom stereocenters. The van der Waals surface area contributed by atoms with Gasteiger partial charge in [0.1, 0.15) is 8.24 Å². The molecule has 0 saturated carbocycles. The first-order valence-electron chi connectivity index (χ1n) is 6.93. The minimum absolute atomic E-state index is 0.375. The normalized spacial score (nSPS) is 14.2. The molecule has 0 aromatic carbocycles. The van der Waals surface area contributed by atoms with Crippen LogP contribution in [0, 0.1) is 0 Å². The monoisotopic (exact) mass is 307 g/mol. The van der Waals surface area contributed by atoms with Gasteiger partial charge in [0.05, 0.1) is 0 Å².